The highest BCUT2D eigenvalue weighted by Crippen LogP contribution is 2.03. The Bertz CT molecular complexity index is 162. The van der Waals surface area contributed by atoms with Crippen LogP contribution in [0.5, 0.6) is 0 Å². The molecule has 0 fully saturated rings. The van der Waals surface area contributed by atoms with E-state index in [-0.39, 0.29) is 5.97 Å². The van der Waals surface area contributed by atoms with Crippen molar-refractivity contribution in [3.05, 3.63) is 12.2 Å². The van der Waals surface area contributed by atoms with Gasteiger partial charge in [0.2, 0.25) is 0 Å². The van der Waals surface area contributed by atoms with Crippen LogP contribution >= 0.6 is 0 Å². The highest BCUT2D eigenvalue weighted by molar-refractivity contribution is 5.69. The van der Waals surface area contributed by atoms with Gasteiger partial charge in [0.05, 0.1) is 6.61 Å². The molecule has 0 saturated carbocycles. The number of carbonyl (C=O) groups is 1. The minimum Gasteiger partial charge on any atom is -0.466 e. The Morgan fingerprint density at radius 2 is 1.86 bits per heavy atom. The van der Waals surface area contributed by atoms with Crippen molar-refractivity contribution in [2.24, 2.45) is 0 Å². The summed E-state index contributed by atoms with van der Waals surface area (Å²) in [7, 11) is 0. The van der Waals surface area contributed by atoms with Gasteiger partial charge >= 0.3 is 5.97 Å². The van der Waals surface area contributed by atoms with Gasteiger partial charge in [0, 0.05) is 6.42 Å². The Hall–Kier alpha value is -0.790. The minimum absolute atomic E-state index is 0.0648. The van der Waals surface area contributed by atoms with E-state index in [0.717, 1.165) is 25.7 Å². The van der Waals surface area contributed by atoms with Gasteiger partial charge in [-0.3, -0.25) is 4.79 Å². The van der Waals surface area contributed by atoms with Crippen molar-refractivity contribution in [3.63, 3.8) is 0 Å². The molecular weight excluding hydrogens is 176 g/mol. The zero-order valence-electron chi connectivity index (χ0n) is 9.42. The molecule has 0 spiro atoms. The predicted octanol–water partition coefficient (Wildman–Crippen LogP) is 3.47. The van der Waals surface area contributed by atoms with Crippen LogP contribution in [0.3, 0.4) is 0 Å². The van der Waals surface area contributed by atoms with Crippen LogP contribution in [0.1, 0.15) is 52.4 Å². The van der Waals surface area contributed by atoms with E-state index in [0.29, 0.717) is 13.0 Å². The van der Waals surface area contributed by atoms with E-state index in [1.807, 2.05) is 6.92 Å². The molecule has 0 saturated heterocycles. The van der Waals surface area contributed by atoms with Gasteiger partial charge in [-0.15, -0.1) is 0 Å². The van der Waals surface area contributed by atoms with Crippen LogP contribution in [0.25, 0.3) is 0 Å². The van der Waals surface area contributed by atoms with E-state index in [4.69, 9.17) is 4.74 Å². The Morgan fingerprint density at radius 3 is 2.50 bits per heavy atom. The Kier molecular flexibility index (Phi) is 9.71. The summed E-state index contributed by atoms with van der Waals surface area (Å²) in [5.41, 5.74) is 0. The number of carbonyl (C=O) groups excluding carboxylic acids is 1. The summed E-state index contributed by atoms with van der Waals surface area (Å²) in [5.74, 6) is -0.0648. The van der Waals surface area contributed by atoms with Crippen molar-refractivity contribution in [2.75, 3.05) is 6.61 Å². The van der Waals surface area contributed by atoms with Gasteiger partial charge in [-0.05, 0) is 32.6 Å². The average molecular weight is 198 g/mol. The normalized spacial score (nSPS) is 10.7. The lowest BCUT2D eigenvalue weighted by molar-refractivity contribution is -0.143. The maximum Gasteiger partial charge on any atom is 0.305 e. The van der Waals surface area contributed by atoms with Crippen LogP contribution in [0.15, 0.2) is 12.2 Å². The lowest BCUT2D eigenvalue weighted by atomic mass is 10.2. The van der Waals surface area contributed by atoms with E-state index < -0.39 is 0 Å². The van der Waals surface area contributed by atoms with Gasteiger partial charge in [-0.25, -0.2) is 0 Å². The second kappa shape index (κ2) is 10.3. The van der Waals surface area contributed by atoms with Crippen LogP contribution < -0.4 is 0 Å². The summed E-state index contributed by atoms with van der Waals surface area (Å²) in [5, 5.41) is 0. The molecule has 0 N–H and O–H groups in total. The number of esters is 1. The highest BCUT2D eigenvalue weighted by atomic mass is 16.5. The Balaban J connectivity index is 3.16. The van der Waals surface area contributed by atoms with Gasteiger partial charge in [0.25, 0.3) is 0 Å². The minimum atomic E-state index is -0.0648. The smallest absolute Gasteiger partial charge is 0.305 e. The maximum atomic E-state index is 10.9. The first-order chi connectivity index (χ1) is 6.81. The van der Waals surface area contributed by atoms with Gasteiger partial charge < -0.3 is 4.74 Å². The van der Waals surface area contributed by atoms with E-state index in [1.54, 1.807) is 0 Å². The van der Waals surface area contributed by atoms with E-state index in [2.05, 4.69) is 19.1 Å². The Morgan fingerprint density at radius 1 is 1.14 bits per heavy atom. The van der Waals surface area contributed by atoms with Crippen molar-refractivity contribution in [2.45, 2.75) is 52.4 Å². The number of hydrogen-bond donors (Lipinski definition) is 0. The molecule has 82 valence electrons. The monoisotopic (exact) mass is 198 g/mol. The summed E-state index contributed by atoms with van der Waals surface area (Å²) in [6, 6.07) is 0. The van der Waals surface area contributed by atoms with Crippen molar-refractivity contribution in [1.82, 2.24) is 0 Å². The topological polar surface area (TPSA) is 26.3 Å². The van der Waals surface area contributed by atoms with Gasteiger partial charge in [-0.1, -0.05) is 25.5 Å². The fourth-order valence-electron chi connectivity index (χ4n) is 1.17. The number of rotatable bonds is 8. The molecule has 0 amide bonds. The quantitative estimate of drug-likeness (QED) is 0.339. The molecule has 0 aliphatic heterocycles. The molecular formula is C12H22O2. The number of ether oxygens (including phenoxy) is 1. The Labute approximate surface area is 87.3 Å². The summed E-state index contributed by atoms with van der Waals surface area (Å²) in [4.78, 5) is 10.9. The fourth-order valence-corrected chi connectivity index (χ4v) is 1.17. The van der Waals surface area contributed by atoms with E-state index in [1.165, 1.54) is 6.42 Å². The van der Waals surface area contributed by atoms with E-state index >= 15 is 0 Å². The molecule has 14 heavy (non-hydrogen) atoms. The van der Waals surface area contributed by atoms with Crippen molar-refractivity contribution in [3.8, 4) is 0 Å². The second-order valence-corrected chi connectivity index (χ2v) is 3.31. The molecule has 0 radical (unpaired) electrons. The molecule has 0 aliphatic rings. The summed E-state index contributed by atoms with van der Waals surface area (Å²) < 4.78 is 4.83. The molecule has 0 atom stereocenters. The second-order valence-electron chi connectivity index (χ2n) is 3.31. The summed E-state index contributed by atoms with van der Waals surface area (Å²) in [6.45, 7) is 4.51. The van der Waals surface area contributed by atoms with Gasteiger partial charge in [0.1, 0.15) is 0 Å². The molecule has 0 aliphatic carbocycles. The van der Waals surface area contributed by atoms with E-state index in [9.17, 15) is 4.79 Å². The molecule has 2 nitrogen and oxygen atoms in total. The van der Waals surface area contributed by atoms with Gasteiger partial charge in [-0.2, -0.15) is 0 Å². The van der Waals surface area contributed by atoms with Gasteiger partial charge in [0.15, 0.2) is 0 Å². The molecule has 0 heterocycles. The standard InChI is InChI=1S/C12H22O2/c1-3-5-6-7-8-9-10-11-12(13)14-4-2/h6-7H,3-5,8-11H2,1-2H3. The molecule has 0 aromatic rings. The van der Waals surface area contributed by atoms with Crippen molar-refractivity contribution < 1.29 is 9.53 Å². The molecule has 0 aromatic heterocycles. The zero-order chi connectivity index (χ0) is 10.6. The van der Waals surface area contributed by atoms with Crippen molar-refractivity contribution >= 4 is 5.97 Å². The predicted molar refractivity (Wildman–Crippen MR) is 59.1 cm³/mol. The molecule has 0 unspecified atom stereocenters. The van der Waals surface area contributed by atoms with Crippen LogP contribution in [0.2, 0.25) is 0 Å². The van der Waals surface area contributed by atoms with Crippen molar-refractivity contribution in [1.29, 1.82) is 0 Å². The molecule has 0 aromatic carbocycles. The summed E-state index contributed by atoms with van der Waals surface area (Å²) in [6.07, 6.45) is 10.5. The first kappa shape index (κ1) is 13.2. The first-order valence-corrected chi connectivity index (χ1v) is 5.61. The number of unbranched alkanes of at least 4 members (excludes halogenated alkanes) is 3. The van der Waals surface area contributed by atoms with Crippen LogP contribution in [0.4, 0.5) is 0 Å². The van der Waals surface area contributed by atoms with Crippen LogP contribution in [-0.2, 0) is 9.53 Å². The summed E-state index contributed by atoms with van der Waals surface area (Å²) >= 11 is 0. The SMILES string of the molecule is CCCC=CCCCCC(=O)OCC. The average Bonchev–Trinajstić information content (AvgIpc) is 2.17. The van der Waals surface area contributed by atoms with Crippen LogP contribution in [-0.4, -0.2) is 12.6 Å². The molecule has 0 bridgehead atoms. The lowest BCUT2D eigenvalue weighted by Gasteiger charge is -1.99. The fraction of sp³-hybridized carbons (Fsp3) is 0.750. The zero-order valence-corrected chi connectivity index (χ0v) is 9.42. The number of allylic oxidation sites excluding steroid dienone is 2. The molecule has 2 heteroatoms. The third kappa shape index (κ3) is 9.30. The maximum absolute atomic E-state index is 10.9. The molecule has 0 rings (SSSR count). The third-order valence-corrected chi connectivity index (χ3v) is 1.93. The number of hydrogen-bond acceptors (Lipinski definition) is 2. The van der Waals surface area contributed by atoms with Crippen LogP contribution in [0, 0.1) is 0 Å². The third-order valence-electron chi connectivity index (χ3n) is 1.93. The first-order valence-electron chi connectivity index (χ1n) is 5.61. The largest absolute Gasteiger partial charge is 0.466 e. The lowest BCUT2D eigenvalue weighted by Crippen LogP contribution is -2.02. The highest BCUT2D eigenvalue weighted by Gasteiger charge is 1.99.